The Kier molecular flexibility index (Phi) is 6.61. The van der Waals surface area contributed by atoms with Crippen LogP contribution in [0.2, 0.25) is 0 Å². The number of rotatable bonds is 5. The maximum absolute atomic E-state index is 14.2. The van der Waals surface area contributed by atoms with Crippen LogP contribution in [0.1, 0.15) is 22.3 Å². The van der Waals surface area contributed by atoms with Crippen molar-refractivity contribution in [1.82, 2.24) is 5.32 Å². The standard InChI is InChI=1S/C26H20BrFN2O4/c1-15-9-16(2)11-18(10-15)14-34-23-8-7-17(13-20(23)27)12-19-24(31)29-26(33)30(25(19)32)22-6-4-3-5-21(22)28/h3-13H,14H2,1-2H3,(H,29,31,33)/b19-12-. The number of hydrogen-bond donors (Lipinski definition) is 1. The fraction of sp³-hybridized carbons (Fsp3) is 0.115. The average molecular weight is 523 g/mol. The molecule has 3 aromatic rings. The van der Waals surface area contributed by atoms with Crippen LogP contribution in [0.25, 0.3) is 6.08 Å². The summed E-state index contributed by atoms with van der Waals surface area (Å²) in [5.74, 6) is -1.93. The number of amides is 4. The summed E-state index contributed by atoms with van der Waals surface area (Å²) in [6.45, 7) is 4.43. The maximum atomic E-state index is 14.2. The van der Waals surface area contributed by atoms with Crippen LogP contribution in [-0.2, 0) is 16.2 Å². The average Bonchev–Trinajstić information content (AvgIpc) is 2.76. The van der Waals surface area contributed by atoms with Gasteiger partial charge in [-0.15, -0.1) is 0 Å². The number of aryl methyl sites for hydroxylation is 2. The molecule has 1 saturated heterocycles. The molecule has 0 unspecified atom stereocenters. The number of carbonyl (C=O) groups is 3. The van der Waals surface area contributed by atoms with Crippen LogP contribution in [0.3, 0.4) is 0 Å². The van der Waals surface area contributed by atoms with E-state index in [-0.39, 0.29) is 11.3 Å². The van der Waals surface area contributed by atoms with Gasteiger partial charge in [-0.2, -0.15) is 0 Å². The summed E-state index contributed by atoms with van der Waals surface area (Å²) in [6, 6.07) is 15.6. The van der Waals surface area contributed by atoms with E-state index < -0.39 is 23.7 Å². The van der Waals surface area contributed by atoms with Gasteiger partial charge in [0, 0.05) is 0 Å². The molecule has 0 saturated carbocycles. The number of barbiturate groups is 1. The maximum Gasteiger partial charge on any atom is 0.336 e. The SMILES string of the molecule is Cc1cc(C)cc(COc2ccc(/C=C3/C(=O)NC(=O)N(c4ccccc4F)C3=O)cc2Br)c1. The normalized spacial score (nSPS) is 15.0. The second-order valence-corrected chi connectivity index (χ2v) is 8.74. The molecule has 0 aliphatic carbocycles. The number of urea groups is 1. The highest BCUT2D eigenvalue weighted by molar-refractivity contribution is 9.10. The molecule has 0 radical (unpaired) electrons. The molecule has 172 valence electrons. The topological polar surface area (TPSA) is 75.7 Å². The molecule has 1 N–H and O–H groups in total. The zero-order chi connectivity index (χ0) is 24.4. The lowest BCUT2D eigenvalue weighted by atomic mass is 10.1. The Hall–Kier alpha value is -3.78. The van der Waals surface area contributed by atoms with E-state index in [0.717, 1.165) is 22.8 Å². The smallest absolute Gasteiger partial charge is 0.336 e. The second kappa shape index (κ2) is 9.61. The molecule has 8 heteroatoms. The van der Waals surface area contributed by atoms with Gasteiger partial charge in [0.1, 0.15) is 23.7 Å². The molecule has 34 heavy (non-hydrogen) atoms. The zero-order valence-corrected chi connectivity index (χ0v) is 20.0. The van der Waals surface area contributed by atoms with Crippen LogP contribution in [0.4, 0.5) is 14.9 Å². The van der Waals surface area contributed by atoms with E-state index in [1.807, 2.05) is 13.8 Å². The Morgan fingerprint density at radius 1 is 1.00 bits per heavy atom. The number of halogens is 2. The van der Waals surface area contributed by atoms with Crippen molar-refractivity contribution >= 4 is 45.5 Å². The van der Waals surface area contributed by atoms with Crippen molar-refractivity contribution in [3.63, 3.8) is 0 Å². The third-order valence-electron chi connectivity index (χ3n) is 5.14. The first-order valence-electron chi connectivity index (χ1n) is 10.4. The van der Waals surface area contributed by atoms with Gasteiger partial charge in [0.25, 0.3) is 11.8 Å². The molecule has 3 aromatic carbocycles. The molecule has 1 heterocycles. The monoisotopic (exact) mass is 522 g/mol. The Labute approximate surface area is 204 Å². The van der Waals surface area contributed by atoms with Crippen molar-refractivity contribution < 1.29 is 23.5 Å². The number of anilines is 1. The van der Waals surface area contributed by atoms with Gasteiger partial charge in [-0.05, 0) is 71.2 Å². The van der Waals surface area contributed by atoms with Crippen molar-refractivity contribution in [2.45, 2.75) is 20.5 Å². The highest BCUT2D eigenvalue weighted by Crippen LogP contribution is 2.29. The second-order valence-electron chi connectivity index (χ2n) is 7.88. The van der Waals surface area contributed by atoms with Crippen LogP contribution in [0.15, 0.2) is 70.7 Å². The summed E-state index contributed by atoms with van der Waals surface area (Å²) in [5, 5.41) is 2.09. The van der Waals surface area contributed by atoms with Gasteiger partial charge in [0.05, 0.1) is 10.2 Å². The number of imide groups is 2. The van der Waals surface area contributed by atoms with Crippen LogP contribution in [-0.4, -0.2) is 17.8 Å². The predicted octanol–water partition coefficient (Wildman–Crippen LogP) is 5.45. The minimum atomic E-state index is -1.01. The molecular weight excluding hydrogens is 503 g/mol. The molecule has 0 bridgehead atoms. The minimum absolute atomic E-state index is 0.236. The van der Waals surface area contributed by atoms with Crippen molar-refractivity contribution in [2.24, 2.45) is 0 Å². The minimum Gasteiger partial charge on any atom is -0.488 e. The van der Waals surface area contributed by atoms with E-state index in [1.54, 1.807) is 18.2 Å². The van der Waals surface area contributed by atoms with E-state index in [1.165, 1.54) is 24.3 Å². The van der Waals surface area contributed by atoms with Crippen LogP contribution >= 0.6 is 15.9 Å². The quantitative estimate of drug-likeness (QED) is 0.357. The first-order chi connectivity index (χ1) is 16.2. The zero-order valence-electron chi connectivity index (χ0n) is 18.4. The molecule has 6 nitrogen and oxygen atoms in total. The molecule has 4 rings (SSSR count). The van der Waals surface area contributed by atoms with Crippen molar-refractivity contribution in [3.8, 4) is 5.75 Å². The lowest BCUT2D eigenvalue weighted by molar-refractivity contribution is -0.122. The Bertz CT molecular complexity index is 1330. The van der Waals surface area contributed by atoms with Crippen LogP contribution in [0.5, 0.6) is 5.75 Å². The molecule has 0 aromatic heterocycles. The van der Waals surface area contributed by atoms with Crippen molar-refractivity contribution in [3.05, 3.63) is 98.8 Å². The Morgan fingerprint density at radius 2 is 1.71 bits per heavy atom. The fourth-order valence-corrected chi connectivity index (χ4v) is 4.22. The number of benzene rings is 3. The number of nitrogens with one attached hydrogen (secondary N) is 1. The van der Waals surface area contributed by atoms with Gasteiger partial charge in [-0.3, -0.25) is 14.9 Å². The highest BCUT2D eigenvalue weighted by atomic mass is 79.9. The number of ether oxygens (including phenoxy) is 1. The number of para-hydroxylation sites is 1. The van der Waals surface area contributed by atoms with Crippen molar-refractivity contribution in [1.29, 1.82) is 0 Å². The molecule has 4 amide bonds. The molecule has 1 aliphatic rings. The summed E-state index contributed by atoms with van der Waals surface area (Å²) >= 11 is 3.46. The summed E-state index contributed by atoms with van der Waals surface area (Å²) in [7, 11) is 0. The third kappa shape index (κ3) is 4.92. The molecular formula is C26H20BrFN2O4. The highest BCUT2D eigenvalue weighted by Gasteiger charge is 2.37. The Balaban J connectivity index is 1.57. The van der Waals surface area contributed by atoms with E-state index in [4.69, 9.17) is 4.74 Å². The number of nitrogens with zero attached hydrogens (tertiary/aromatic N) is 1. The Morgan fingerprint density at radius 3 is 2.38 bits per heavy atom. The largest absolute Gasteiger partial charge is 0.488 e. The fourth-order valence-electron chi connectivity index (χ4n) is 3.71. The van der Waals surface area contributed by atoms with Gasteiger partial charge in [0.2, 0.25) is 0 Å². The van der Waals surface area contributed by atoms with Gasteiger partial charge < -0.3 is 4.74 Å². The lowest BCUT2D eigenvalue weighted by Gasteiger charge is -2.26. The van der Waals surface area contributed by atoms with Crippen LogP contribution < -0.4 is 15.0 Å². The molecule has 1 fully saturated rings. The van der Waals surface area contributed by atoms with E-state index >= 15 is 0 Å². The van der Waals surface area contributed by atoms with Gasteiger partial charge in [0.15, 0.2) is 0 Å². The molecule has 0 atom stereocenters. The van der Waals surface area contributed by atoms with E-state index in [2.05, 4.69) is 39.4 Å². The summed E-state index contributed by atoms with van der Waals surface area (Å²) in [4.78, 5) is 38.2. The van der Waals surface area contributed by atoms with Gasteiger partial charge in [-0.25, -0.2) is 14.1 Å². The first kappa shape index (κ1) is 23.4. The number of hydrogen-bond acceptors (Lipinski definition) is 4. The van der Waals surface area contributed by atoms with Crippen molar-refractivity contribution in [2.75, 3.05) is 4.90 Å². The molecule has 0 spiro atoms. The van der Waals surface area contributed by atoms with Crippen LogP contribution in [0, 0.1) is 19.7 Å². The van der Waals surface area contributed by atoms with Gasteiger partial charge >= 0.3 is 6.03 Å². The number of carbonyl (C=O) groups excluding carboxylic acids is 3. The predicted molar refractivity (Wildman–Crippen MR) is 130 cm³/mol. The summed E-state index contributed by atoms with van der Waals surface area (Å²) < 4.78 is 20.7. The lowest BCUT2D eigenvalue weighted by Crippen LogP contribution is -2.54. The summed E-state index contributed by atoms with van der Waals surface area (Å²) in [5.41, 5.74) is 3.33. The van der Waals surface area contributed by atoms with E-state index in [9.17, 15) is 18.8 Å². The molecule has 1 aliphatic heterocycles. The third-order valence-corrected chi connectivity index (χ3v) is 5.76. The van der Waals surface area contributed by atoms with E-state index in [0.29, 0.717) is 27.3 Å². The first-order valence-corrected chi connectivity index (χ1v) is 11.2. The van der Waals surface area contributed by atoms with Gasteiger partial charge in [-0.1, -0.05) is 47.5 Å². The summed E-state index contributed by atoms with van der Waals surface area (Å²) in [6.07, 6.45) is 1.34.